The van der Waals surface area contributed by atoms with Crippen LogP contribution in [0.15, 0.2) is 101 Å². The highest BCUT2D eigenvalue weighted by Crippen LogP contribution is 2.27. The van der Waals surface area contributed by atoms with Crippen molar-refractivity contribution in [3.8, 4) is 0 Å². The lowest BCUT2D eigenvalue weighted by atomic mass is 10.1. The highest BCUT2D eigenvalue weighted by molar-refractivity contribution is 7.98. The molecule has 0 aliphatic carbocycles. The van der Waals surface area contributed by atoms with E-state index in [0.717, 1.165) is 26.0 Å². The Balaban J connectivity index is 1.68. The van der Waals surface area contributed by atoms with E-state index in [1.54, 1.807) is 18.2 Å². The van der Waals surface area contributed by atoms with E-state index in [4.69, 9.17) is 0 Å². The summed E-state index contributed by atoms with van der Waals surface area (Å²) in [6.07, 6.45) is 1.89. The maximum atomic E-state index is 14.0. The van der Waals surface area contributed by atoms with Crippen molar-refractivity contribution in [3.63, 3.8) is 0 Å². The van der Waals surface area contributed by atoms with Crippen molar-refractivity contribution in [1.29, 1.82) is 0 Å². The summed E-state index contributed by atoms with van der Waals surface area (Å²) in [6, 6.07) is 24.6. The van der Waals surface area contributed by atoms with Gasteiger partial charge in [0.1, 0.15) is 12.4 Å². The van der Waals surface area contributed by atoms with E-state index in [1.165, 1.54) is 42.1 Å². The van der Waals surface area contributed by atoms with Gasteiger partial charge < -0.3 is 5.32 Å². The lowest BCUT2D eigenvalue weighted by molar-refractivity contribution is -0.114. The number of thioether (sulfide) groups is 1. The summed E-state index contributed by atoms with van der Waals surface area (Å²) in [6.45, 7) is -0.515. The second-order valence-corrected chi connectivity index (χ2v) is 9.98. The van der Waals surface area contributed by atoms with Crippen molar-refractivity contribution in [2.75, 3.05) is 22.4 Å². The topological polar surface area (TPSA) is 66.5 Å². The first-order valence-corrected chi connectivity index (χ1v) is 12.7. The molecule has 8 heteroatoms. The predicted octanol–water partition coefficient (Wildman–Crippen LogP) is 5.53. The Morgan fingerprint density at radius 1 is 0.939 bits per heavy atom. The SMILES string of the molecule is CSc1ccc(S(=O)(=O)N(CC(=O)Nc2cccc3ccccc23)c2cccc(F)c2)cc1. The lowest BCUT2D eigenvalue weighted by Gasteiger charge is -2.24. The van der Waals surface area contributed by atoms with Gasteiger partial charge in [0.05, 0.1) is 10.6 Å². The molecule has 33 heavy (non-hydrogen) atoms. The fourth-order valence-corrected chi connectivity index (χ4v) is 5.30. The molecule has 168 valence electrons. The number of rotatable bonds is 7. The molecule has 0 bridgehead atoms. The van der Waals surface area contributed by atoms with Crippen LogP contribution in [0, 0.1) is 5.82 Å². The number of hydrogen-bond donors (Lipinski definition) is 1. The third-order valence-corrected chi connectivity index (χ3v) is 7.63. The number of sulfonamides is 1. The van der Waals surface area contributed by atoms with Gasteiger partial charge in [-0.1, -0.05) is 42.5 Å². The minimum atomic E-state index is -4.13. The Labute approximate surface area is 196 Å². The highest BCUT2D eigenvalue weighted by Gasteiger charge is 2.27. The van der Waals surface area contributed by atoms with Crippen molar-refractivity contribution in [2.24, 2.45) is 0 Å². The van der Waals surface area contributed by atoms with E-state index in [-0.39, 0.29) is 10.6 Å². The molecule has 0 unspecified atom stereocenters. The number of amides is 1. The number of hydrogen-bond acceptors (Lipinski definition) is 4. The number of nitrogens with one attached hydrogen (secondary N) is 1. The van der Waals surface area contributed by atoms with Crippen LogP contribution in [-0.2, 0) is 14.8 Å². The Morgan fingerprint density at radius 2 is 1.64 bits per heavy atom. The van der Waals surface area contributed by atoms with Crippen LogP contribution in [0.1, 0.15) is 0 Å². The molecule has 1 amide bonds. The minimum Gasteiger partial charge on any atom is -0.324 e. The zero-order valence-corrected chi connectivity index (χ0v) is 19.4. The summed E-state index contributed by atoms with van der Waals surface area (Å²) in [5.74, 6) is -1.14. The van der Waals surface area contributed by atoms with E-state index in [9.17, 15) is 17.6 Å². The Morgan fingerprint density at radius 3 is 2.36 bits per heavy atom. The van der Waals surface area contributed by atoms with Crippen LogP contribution in [-0.4, -0.2) is 27.1 Å². The number of halogens is 1. The largest absolute Gasteiger partial charge is 0.324 e. The highest BCUT2D eigenvalue weighted by atomic mass is 32.2. The van der Waals surface area contributed by atoms with Crippen LogP contribution in [0.25, 0.3) is 10.8 Å². The molecule has 4 aromatic carbocycles. The van der Waals surface area contributed by atoms with Crippen molar-refractivity contribution >= 4 is 49.8 Å². The van der Waals surface area contributed by atoms with Crippen molar-refractivity contribution < 1.29 is 17.6 Å². The zero-order valence-electron chi connectivity index (χ0n) is 17.7. The molecule has 0 heterocycles. The molecule has 0 aromatic heterocycles. The molecule has 0 atom stereocenters. The van der Waals surface area contributed by atoms with Gasteiger partial charge in [-0.3, -0.25) is 9.10 Å². The lowest BCUT2D eigenvalue weighted by Crippen LogP contribution is -2.38. The summed E-state index contributed by atoms with van der Waals surface area (Å²) >= 11 is 1.49. The van der Waals surface area contributed by atoms with Crippen LogP contribution in [0.5, 0.6) is 0 Å². The van der Waals surface area contributed by atoms with Gasteiger partial charge in [-0.25, -0.2) is 12.8 Å². The van der Waals surface area contributed by atoms with E-state index in [1.807, 2.05) is 42.7 Å². The molecule has 0 aliphatic heterocycles. The maximum Gasteiger partial charge on any atom is 0.264 e. The monoisotopic (exact) mass is 480 g/mol. The van der Waals surface area contributed by atoms with Crippen molar-refractivity contribution in [1.82, 2.24) is 0 Å². The molecule has 0 saturated carbocycles. The summed E-state index contributed by atoms with van der Waals surface area (Å²) < 4.78 is 41.8. The fourth-order valence-electron chi connectivity index (χ4n) is 3.48. The minimum absolute atomic E-state index is 0.0162. The van der Waals surface area contributed by atoms with E-state index in [2.05, 4.69) is 5.32 Å². The van der Waals surface area contributed by atoms with Gasteiger partial charge in [-0.05, 0) is 60.2 Å². The second kappa shape index (κ2) is 9.64. The average molecular weight is 481 g/mol. The van der Waals surface area contributed by atoms with Crippen molar-refractivity contribution in [2.45, 2.75) is 9.79 Å². The van der Waals surface area contributed by atoms with Crippen LogP contribution in [0.3, 0.4) is 0 Å². The number of anilines is 2. The van der Waals surface area contributed by atoms with E-state index >= 15 is 0 Å². The standard InChI is InChI=1S/C25H21FN2O3S2/c1-32-21-12-14-22(15-13-21)33(30,31)28(20-9-5-8-19(26)16-20)17-25(29)27-24-11-4-7-18-6-2-3-10-23(18)24/h2-16H,17H2,1H3,(H,27,29). The molecule has 0 aliphatic rings. The zero-order chi connectivity index (χ0) is 23.4. The summed E-state index contributed by atoms with van der Waals surface area (Å²) in [5, 5.41) is 4.58. The van der Waals surface area contributed by atoms with Crippen LogP contribution < -0.4 is 9.62 Å². The summed E-state index contributed by atoms with van der Waals surface area (Å²) in [4.78, 5) is 13.9. The number of carbonyl (C=O) groups excluding carboxylic acids is 1. The van der Waals surface area contributed by atoms with Gasteiger partial charge in [-0.2, -0.15) is 0 Å². The first kappa shape index (κ1) is 22.8. The van der Waals surface area contributed by atoms with Gasteiger partial charge in [0.2, 0.25) is 5.91 Å². The number of nitrogens with zero attached hydrogens (tertiary/aromatic N) is 1. The molecule has 1 N–H and O–H groups in total. The Bertz CT molecular complexity index is 1400. The molecule has 4 aromatic rings. The van der Waals surface area contributed by atoms with Crippen LogP contribution >= 0.6 is 11.8 Å². The number of benzene rings is 4. The van der Waals surface area contributed by atoms with E-state index in [0.29, 0.717) is 5.69 Å². The fraction of sp³-hybridized carbons (Fsp3) is 0.0800. The van der Waals surface area contributed by atoms with Gasteiger partial charge >= 0.3 is 0 Å². The predicted molar refractivity (Wildman–Crippen MR) is 132 cm³/mol. The van der Waals surface area contributed by atoms with Crippen LogP contribution in [0.4, 0.5) is 15.8 Å². The Kier molecular flexibility index (Phi) is 6.67. The molecule has 0 radical (unpaired) electrons. The smallest absolute Gasteiger partial charge is 0.264 e. The van der Waals surface area contributed by atoms with Gasteiger partial charge in [0.25, 0.3) is 10.0 Å². The molecular weight excluding hydrogens is 459 g/mol. The molecular formula is C25H21FN2O3S2. The molecule has 0 fully saturated rings. The average Bonchev–Trinajstić information content (AvgIpc) is 2.83. The maximum absolute atomic E-state index is 14.0. The number of fused-ring (bicyclic) bond motifs is 1. The number of carbonyl (C=O) groups is 1. The molecule has 0 spiro atoms. The third kappa shape index (κ3) is 5.02. The third-order valence-electron chi connectivity index (χ3n) is 5.09. The van der Waals surface area contributed by atoms with Gasteiger partial charge in [0.15, 0.2) is 0 Å². The normalized spacial score (nSPS) is 11.3. The van der Waals surface area contributed by atoms with Gasteiger partial charge in [0, 0.05) is 16.0 Å². The molecule has 0 saturated heterocycles. The molecule has 5 nitrogen and oxygen atoms in total. The second-order valence-electron chi connectivity index (χ2n) is 7.24. The summed E-state index contributed by atoms with van der Waals surface area (Å²) in [5.41, 5.74) is 0.635. The summed E-state index contributed by atoms with van der Waals surface area (Å²) in [7, 11) is -4.13. The van der Waals surface area contributed by atoms with Crippen molar-refractivity contribution in [3.05, 3.63) is 96.8 Å². The molecule has 4 rings (SSSR count). The first-order valence-electron chi connectivity index (χ1n) is 10.1. The first-order chi connectivity index (χ1) is 15.9. The quantitative estimate of drug-likeness (QED) is 0.353. The van der Waals surface area contributed by atoms with Crippen LogP contribution in [0.2, 0.25) is 0 Å². The van der Waals surface area contributed by atoms with E-state index < -0.39 is 28.3 Å². The Hall–Kier alpha value is -3.36. The van der Waals surface area contributed by atoms with Gasteiger partial charge in [-0.15, -0.1) is 11.8 Å².